The Morgan fingerprint density at radius 2 is 2.24 bits per heavy atom. The highest BCUT2D eigenvalue weighted by atomic mass is 35.5. The highest BCUT2D eigenvalue weighted by molar-refractivity contribution is 5.85. The minimum absolute atomic E-state index is 0. The maximum absolute atomic E-state index is 12.3. The van der Waals surface area contributed by atoms with Crippen molar-refractivity contribution >= 4 is 18.3 Å². The third-order valence-corrected chi connectivity index (χ3v) is 4.85. The number of fused-ring (bicyclic) bond motifs is 2. The lowest BCUT2D eigenvalue weighted by atomic mass is 10.1. The molecular formula is C18H23ClN4O2. The van der Waals surface area contributed by atoms with Crippen molar-refractivity contribution in [3.8, 4) is 0 Å². The Morgan fingerprint density at radius 3 is 3.08 bits per heavy atom. The summed E-state index contributed by atoms with van der Waals surface area (Å²) in [4.78, 5) is 12.3. The van der Waals surface area contributed by atoms with E-state index in [4.69, 9.17) is 0 Å². The summed E-state index contributed by atoms with van der Waals surface area (Å²) in [5, 5.41) is 21.1. The summed E-state index contributed by atoms with van der Waals surface area (Å²) in [7, 11) is 0. The molecule has 1 aromatic heterocycles. The third kappa shape index (κ3) is 3.71. The van der Waals surface area contributed by atoms with Gasteiger partial charge in [-0.15, -0.1) is 12.4 Å². The predicted octanol–water partition coefficient (Wildman–Crippen LogP) is 1.12. The highest BCUT2D eigenvalue weighted by Crippen LogP contribution is 2.31. The van der Waals surface area contributed by atoms with Gasteiger partial charge in [-0.3, -0.25) is 9.48 Å². The monoisotopic (exact) mass is 362 g/mol. The van der Waals surface area contributed by atoms with Crippen LogP contribution >= 0.6 is 12.4 Å². The summed E-state index contributed by atoms with van der Waals surface area (Å²) < 4.78 is 2.01. The summed E-state index contributed by atoms with van der Waals surface area (Å²) in [5.41, 5.74) is 4.28. The van der Waals surface area contributed by atoms with Gasteiger partial charge in [-0.05, 0) is 17.2 Å². The van der Waals surface area contributed by atoms with Gasteiger partial charge in [0.1, 0.15) is 0 Å². The van der Waals surface area contributed by atoms with Gasteiger partial charge in [-0.25, -0.2) is 0 Å². The molecule has 2 heterocycles. The molecule has 1 amide bonds. The molecule has 0 radical (unpaired) electrons. The Bertz CT molecular complexity index is 738. The van der Waals surface area contributed by atoms with Crippen LogP contribution in [0.25, 0.3) is 0 Å². The lowest BCUT2D eigenvalue weighted by molar-refractivity contribution is -0.122. The van der Waals surface area contributed by atoms with Crippen molar-refractivity contribution in [3.63, 3.8) is 0 Å². The molecule has 0 spiro atoms. The zero-order chi connectivity index (χ0) is 16.5. The molecule has 1 aliphatic heterocycles. The van der Waals surface area contributed by atoms with E-state index in [9.17, 15) is 9.90 Å². The molecule has 0 fully saturated rings. The molecule has 0 bridgehead atoms. The molecule has 2 atom stereocenters. The van der Waals surface area contributed by atoms with E-state index >= 15 is 0 Å². The first-order valence-corrected chi connectivity index (χ1v) is 8.52. The molecule has 0 saturated carbocycles. The van der Waals surface area contributed by atoms with Crippen LogP contribution in [0.4, 0.5) is 0 Å². The molecular weight excluding hydrogens is 340 g/mol. The number of aromatic nitrogens is 2. The van der Waals surface area contributed by atoms with Crippen molar-refractivity contribution in [1.82, 2.24) is 20.4 Å². The lowest BCUT2D eigenvalue weighted by Crippen LogP contribution is -2.34. The molecule has 0 saturated heterocycles. The van der Waals surface area contributed by atoms with Crippen molar-refractivity contribution in [3.05, 3.63) is 52.8 Å². The number of nitrogens with one attached hydrogen (secondary N) is 2. The normalized spacial score (nSPS) is 21.2. The van der Waals surface area contributed by atoms with Crippen LogP contribution in [0.1, 0.15) is 35.0 Å². The number of hydrogen-bond acceptors (Lipinski definition) is 4. The summed E-state index contributed by atoms with van der Waals surface area (Å²) >= 11 is 0. The second kappa shape index (κ2) is 7.56. The summed E-state index contributed by atoms with van der Waals surface area (Å²) in [6.45, 7) is 2.66. The van der Waals surface area contributed by atoms with Gasteiger partial charge in [0.25, 0.3) is 0 Å². The van der Waals surface area contributed by atoms with Gasteiger partial charge in [0.2, 0.25) is 5.91 Å². The zero-order valence-electron chi connectivity index (χ0n) is 13.9. The Morgan fingerprint density at radius 1 is 1.40 bits per heavy atom. The van der Waals surface area contributed by atoms with E-state index in [0.29, 0.717) is 19.3 Å². The van der Waals surface area contributed by atoms with E-state index in [1.807, 2.05) is 28.9 Å². The van der Waals surface area contributed by atoms with Gasteiger partial charge in [0.15, 0.2) is 0 Å². The van der Waals surface area contributed by atoms with Crippen LogP contribution < -0.4 is 10.6 Å². The molecule has 4 rings (SSSR count). The third-order valence-electron chi connectivity index (χ3n) is 4.85. The Labute approximate surface area is 153 Å². The molecule has 6 nitrogen and oxygen atoms in total. The zero-order valence-corrected chi connectivity index (χ0v) is 14.8. The molecule has 134 valence electrons. The first kappa shape index (κ1) is 17.9. The molecule has 3 N–H and O–H groups in total. The number of amides is 1. The van der Waals surface area contributed by atoms with Gasteiger partial charge in [0.05, 0.1) is 30.1 Å². The largest absolute Gasteiger partial charge is 0.390 e. The van der Waals surface area contributed by atoms with Gasteiger partial charge < -0.3 is 15.7 Å². The second-order valence-corrected chi connectivity index (χ2v) is 6.54. The van der Waals surface area contributed by atoms with Crippen LogP contribution in [0, 0.1) is 0 Å². The van der Waals surface area contributed by atoms with E-state index in [2.05, 4.69) is 21.8 Å². The number of benzene rings is 1. The molecule has 2 aromatic rings. The standard InChI is InChI=1S/C18H22N4O2.ClH/c23-16-9-12-3-1-2-4-15(12)18(16)20-17(24)6-5-13-10-14-11-19-7-8-22(14)21-13;/h1-4,10,16,18-19,23H,5-9,11H2,(H,20,24);1H/t16-,18+;/m0./s1. The van der Waals surface area contributed by atoms with E-state index in [-0.39, 0.29) is 24.4 Å². The number of aliphatic hydroxyl groups excluding tert-OH is 1. The van der Waals surface area contributed by atoms with E-state index in [0.717, 1.165) is 36.5 Å². The fourth-order valence-electron chi connectivity index (χ4n) is 3.61. The first-order chi connectivity index (χ1) is 11.7. The first-order valence-electron chi connectivity index (χ1n) is 8.52. The minimum Gasteiger partial charge on any atom is -0.390 e. The average Bonchev–Trinajstić information content (AvgIpc) is 3.14. The maximum Gasteiger partial charge on any atom is 0.220 e. The highest BCUT2D eigenvalue weighted by Gasteiger charge is 2.31. The number of carbonyl (C=O) groups excluding carboxylic acids is 1. The number of nitrogens with zero attached hydrogens (tertiary/aromatic N) is 2. The number of hydrogen-bond donors (Lipinski definition) is 3. The SMILES string of the molecule is Cl.O=C(CCc1cc2n(n1)CCNC2)N[C@@H]1c2ccccc2C[C@@H]1O. The van der Waals surface area contributed by atoms with Gasteiger partial charge in [0, 0.05) is 32.4 Å². The van der Waals surface area contributed by atoms with Crippen LogP contribution in [0.2, 0.25) is 0 Å². The minimum atomic E-state index is -0.544. The second-order valence-electron chi connectivity index (χ2n) is 6.54. The maximum atomic E-state index is 12.3. The van der Waals surface area contributed by atoms with Crippen LogP contribution in [0.5, 0.6) is 0 Å². The van der Waals surface area contributed by atoms with Crippen molar-refractivity contribution in [2.24, 2.45) is 0 Å². The fraction of sp³-hybridized carbons (Fsp3) is 0.444. The molecule has 7 heteroatoms. The summed E-state index contributed by atoms with van der Waals surface area (Å²) in [6, 6.07) is 9.67. The molecule has 2 aliphatic rings. The number of aryl methyl sites for hydroxylation is 1. The number of halogens is 1. The summed E-state index contributed by atoms with van der Waals surface area (Å²) in [5.74, 6) is -0.0418. The number of rotatable bonds is 4. The van der Waals surface area contributed by atoms with Crippen LogP contribution in [-0.4, -0.2) is 33.4 Å². The molecule has 0 unspecified atom stereocenters. The molecule has 25 heavy (non-hydrogen) atoms. The molecule has 1 aliphatic carbocycles. The average molecular weight is 363 g/mol. The molecule has 1 aromatic carbocycles. The fourth-order valence-corrected chi connectivity index (χ4v) is 3.61. The van der Waals surface area contributed by atoms with Crippen LogP contribution in [0.3, 0.4) is 0 Å². The number of aliphatic hydroxyl groups is 1. The van der Waals surface area contributed by atoms with E-state index in [1.54, 1.807) is 0 Å². The van der Waals surface area contributed by atoms with E-state index in [1.165, 1.54) is 5.69 Å². The smallest absolute Gasteiger partial charge is 0.220 e. The predicted molar refractivity (Wildman–Crippen MR) is 96.5 cm³/mol. The lowest BCUT2D eigenvalue weighted by Gasteiger charge is -2.17. The van der Waals surface area contributed by atoms with Crippen molar-refractivity contribution in [2.75, 3.05) is 6.54 Å². The van der Waals surface area contributed by atoms with E-state index < -0.39 is 6.10 Å². The van der Waals surface area contributed by atoms with Gasteiger partial charge in [-0.1, -0.05) is 24.3 Å². The van der Waals surface area contributed by atoms with Crippen LogP contribution in [-0.2, 0) is 30.7 Å². The topological polar surface area (TPSA) is 79.2 Å². The van der Waals surface area contributed by atoms with Gasteiger partial charge in [-0.2, -0.15) is 5.10 Å². The Balaban J connectivity index is 0.00000182. The Hall–Kier alpha value is -1.89. The van der Waals surface area contributed by atoms with Crippen molar-refractivity contribution < 1.29 is 9.90 Å². The number of carbonyl (C=O) groups is 1. The summed E-state index contributed by atoms with van der Waals surface area (Å²) in [6.07, 6.45) is 1.06. The van der Waals surface area contributed by atoms with Gasteiger partial charge >= 0.3 is 0 Å². The van der Waals surface area contributed by atoms with Crippen molar-refractivity contribution in [1.29, 1.82) is 0 Å². The quantitative estimate of drug-likeness (QED) is 0.761. The van der Waals surface area contributed by atoms with Crippen molar-refractivity contribution in [2.45, 2.75) is 44.5 Å². The Kier molecular flexibility index (Phi) is 5.42. The van der Waals surface area contributed by atoms with Crippen LogP contribution in [0.15, 0.2) is 30.3 Å².